The second kappa shape index (κ2) is 13.4. The van der Waals surface area contributed by atoms with Crippen LogP contribution in [0.5, 0.6) is 0 Å². The molecule has 8 atom stereocenters. The van der Waals surface area contributed by atoms with Crippen molar-refractivity contribution in [2.45, 2.75) is 104 Å². The van der Waals surface area contributed by atoms with Crippen LogP contribution < -0.4 is 16.2 Å². The van der Waals surface area contributed by atoms with Gasteiger partial charge in [0.2, 0.25) is 0 Å². The SMILES string of the molecule is C=C.C=C/C=C1/CCC23C4CCC(C(C)=NCCCC5NCCC5C)C4(C)CCC2C13CCC.CNNC. The van der Waals surface area contributed by atoms with E-state index >= 15 is 0 Å². The number of nitrogens with one attached hydrogen (secondary N) is 3. The summed E-state index contributed by atoms with van der Waals surface area (Å²) in [6, 6.07) is 0.731. The smallest absolute Gasteiger partial charge is 0.0389 e. The maximum Gasteiger partial charge on any atom is 0.0389 e. The number of nitrogens with zero attached hydrogens (tertiary/aromatic N) is 1. The Bertz CT molecular complexity index is 845. The van der Waals surface area contributed by atoms with Crippen molar-refractivity contribution in [1.82, 2.24) is 16.2 Å². The van der Waals surface area contributed by atoms with Crippen LogP contribution in [0.2, 0.25) is 0 Å². The minimum absolute atomic E-state index is 0.477. The highest BCUT2D eigenvalue weighted by atomic mass is 15.3. The van der Waals surface area contributed by atoms with Crippen molar-refractivity contribution in [3.05, 3.63) is 37.5 Å². The third kappa shape index (κ3) is 5.15. The maximum absolute atomic E-state index is 5.21. The molecule has 1 saturated heterocycles. The Morgan fingerprint density at radius 3 is 2.45 bits per heavy atom. The summed E-state index contributed by atoms with van der Waals surface area (Å²) >= 11 is 0. The van der Waals surface area contributed by atoms with Gasteiger partial charge in [-0.1, -0.05) is 51.5 Å². The van der Waals surface area contributed by atoms with Gasteiger partial charge >= 0.3 is 0 Å². The minimum atomic E-state index is 0.477. The fourth-order valence-corrected chi connectivity index (χ4v) is 10.3. The molecule has 4 aliphatic carbocycles. The molecule has 1 spiro atoms. The van der Waals surface area contributed by atoms with E-state index in [0.717, 1.165) is 36.3 Å². The molecule has 0 radical (unpaired) electrons. The molecule has 5 rings (SSSR count). The highest BCUT2D eigenvalue weighted by molar-refractivity contribution is 5.85. The van der Waals surface area contributed by atoms with E-state index in [-0.39, 0.29) is 0 Å². The van der Waals surface area contributed by atoms with E-state index in [1.807, 2.05) is 14.1 Å². The van der Waals surface area contributed by atoms with Gasteiger partial charge in [-0.3, -0.25) is 15.8 Å². The zero-order chi connectivity index (χ0) is 28.0. The molecular formula is C34H60N4. The van der Waals surface area contributed by atoms with Crippen molar-refractivity contribution >= 4 is 5.71 Å². The summed E-state index contributed by atoms with van der Waals surface area (Å²) in [7, 11) is 3.64. The Morgan fingerprint density at radius 2 is 1.84 bits per heavy atom. The molecule has 0 bridgehead atoms. The topological polar surface area (TPSA) is 48.5 Å². The minimum Gasteiger partial charge on any atom is -0.314 e. The Balaban J connectivity index is 0.000000612. The highest BCUT2D eigenvalue weighted by Crippen LogP contribution is 2.90. The van der Waals surface area contributed by atoms with Crippen LogP contribution in [0.3, 0.4) is 0 Å². The van der Waals surface area contributed by atoms with E-state index in [2.05, 4.69) is 75.8 Å². The molecule has 0 aromatic carbocycles. The van der Waals surface area contributed by atoms with E-state index in [4.69, 9.17) is 4.99 Å². The number of fused-ring (bicyclic) bond motifs is 2. The summed E-state index contributed by atoms with van der Waals surface area (Å²) in [6.45, 7) is 22.2. The molecule has 4 saturated carbocycles. The Kier molecular flexibility index (Phi) is 11.1. The van der Waals surface area contributed by atoms with Crippen LogP contribution in [0.1, 0.15) is 98.3 Å². The van der Waals surface area contributed by atoms with Crippen molar-refractivity contribution < 1.29 is 0 Å². The first-order valence-corrected chi connectivity index (χ1v) is 15.8. The average molecular weight is 525 g/mol. The third-order valence-electron chi connectivity index (χ3n) is 11.7. The predicted molar refractivity (Wildman–Crippen MR) is 166 cm³/mol. The van der Waals surface area contributed by atoms with Crippen LogP contribution in [-0.4, -0.2) is 38.9 Å². The predicted octanol–water partition coefficient (Wildman–Crippen LogP) is 7.50. The van der Waals surface area contributed by atoms with Gasteiger partial charge in [-0.05, 0) is 120 Å². The number of hydrogen-bond donors (Lipinski definition) is 3. The van der Waals surface area contributed by atoms with Gasteiger partial charge in [0, 0.05) is 29.6 Å². The lowest BCUT2D eigenvalue weighted by Crippen LogP contribution is -2.40. The number of allylic oxidation sites excluding steroid dienone is 3. The molecule has 0 aromatic rings. The summed E-state index contributed by atoms with van der Waals surface area (Å²) in [5.74, 6) is 3.44. The Morgan fingerprint density at radius 1 is 1.11 bits per heavy atom. The summed E-state index contributed by atoms with van der Waals surface area (Å²) in [4.78, 5) is 5.21. The largest absolute Gasteiger partial charge is 0.314 e. The van der Waals surface area contributed by atoms with Crippen LogP contribution in [0.15, 0.2) is 42.5 Å². The van der Waals surface area contributed by atoms with Gasteiger partial charge in [0.25, 0.3) is 0 Å². The molecule has 216 valence electrons. The second-order valence-corrected chi connectivity index (χ2v) is 13.0. The number of hydrogen-bond acceptors (Lipinski definition) is 4. The molecule has 4 nitrogen and oxygen atoms in total. The van der Waals surface area contributed by atoms with E-state index in [9.17, 15) is 0 Å². The molecule has 8 unspecified atom stereocenters. The Labute approximate surface area is 235 Å². The highest BCUT2D eigenvalue weighted by Gasteiger charge is 2.84. The van der Waals surface area contributed by atoms with Gasteiger partial charge < -0.3 is 5.32 Å². The molecule has 4 heteroatoms. The lowest BCUT2D eigenvalue weighted by atomic mass is 9.59. The van der Waals surface area contributed by atoms with E-state index in [1.54, 1.807) is 5.57 Å². The second-order valence-electron chi connectivity index (χ2n) is 13.0. The lowest BCUT2D eigenvalue weighted by Gasteiger charge is -2.45. The van der Waals surface area contributed by atoms with Gasteiger partial charge in [-0.15, -0.1) is 13.2 Å². The molecule has 3 N–H and O–H groups in total. The van der Waals surface area contributed by atoms with Gasteiger partial charge in [0.1, 0.15) is 0 Å². The zero-order valence-electron chi connectivity index (χ0n) is 25.8. The van der Waals surface area contributed by atoms with Gasteiger partial charge in [-0.25, -0.2) is 0 Å². The first-order valence-electron chi connectivity index (χ1n) is 15.8. The molecule has 5 aliphatic rings. The molecule has 1 aliphatic heterocycles. The van der Waals surface area contributed by atoms with Crippen molar-refractivity contribution in [1.29, 1.82) is 0 Å². The Hall–Kier alpha value is -1.23. The van der Waals surface area contributed by atoms with Crippen LogP contribution in [0.4, 0.5) is 0 Å². The van der Waals surface area contributed by atoms with Crippen molar-refractivity contribution in [2.75, 3.05) is 27.2 Å². The van der Waals surface area contributed by atoms with Gasteiger partial charge in [0.05, 0.1) is 0 Å². The van der Waals surface area contributed by atoms with Crippen molar-refractivity contribution in [2.24, 2.45) is 44.9 Å². The normalized spacial score (nSPS) is 41.8. The van der Waals surface area contributed by atoms with Crippen LogP contribution in [0, 0.1) is 39.9 Å². The number of aliphatic imine (C=N–C) groups is 1. The average Bonchev–Trinajstić information content (AvgIpc) is 3.27. The van der Waals surface area contributed by atoms with Crippen molar-refractivity contribution in [3.8, 4) is 0 Å². The summed E-state index contributed by atoms with van der Waals surface area (Å²) in [5.41, 5.74) is 10.2. The third-order valence-corrected chi connectivity index (χ3v) is 11.7. The fourth-order valence-electron chi connectivity index (χ4n) is 10.3. The van der Waals surface area contributed by atoms with E-state index in [0.29, 0.717) is 16.2 Å². The first-order chi connectivity index (χ1) is 18.4. The maximum atomic E-state index is 5.21. The van der Waals surface area contributed by atoms with Crippen molar-refractivity contribution in [3.63, 3.8) is 0 Å². The van der Waals surface area contributed by atoms with E-state index < -0.39 is 0 Å². The first kappa shape index (κ1) is 31.3. The summed E-state index contributed by atoms with van der Waals surface area (Å²) in [5, 5.41) is 3.69. The molecule has 0 amide bonds. The zero-order valence-corrected chi connectivity index (χ0v) is 25.8. The molecule has 38 heavy (non-hydrogen) atoms. The van der Waals surface area contributed by atoms with E-state index in [1.165, 1.54) is 82.9 Å². The summed E-state index contributed by atoms with van der Waals surface area (Å²) < 4.78 is 0. The fraction of sp³-hybridized carbons (Fsp3) is 0.794. The summed E-state index contributed by atoms with van der Waals surface area (Å²) in [6.07, 6.45) is 19.6. The standard InChI is InChI=1S/C30H48N2.C2H8N2.C2H4/c1-6-9-23-13-18-30-26-12-11-24(22(4)31-19-8-10-25-21(3)15-20-32-25)28(26,5)17-14-27(30)29(23,30)16-7-2;1-3-4-2;1-2/h6,9,21,24-27,32H,1,7-8,10-20H2,2-5H3;3-4H,1-2H3;1-2H2/b23-9-,31-22?;;. The quantitative estimate of drug-likeness (QED) is 0.127. The van der Waals surface area contributed by atoms with Crippen LogP contribution in [-0.2, 0) is 0 Å². The monoisotopic (exact) mass is 524 g/mol. The van der Waals surface area contributed by atoms with Crippen LogP contribution in [0.25, 0.3) is 0 Å². The molecule has 1 heterocycles. The lowest BCUT2D eigenvalue weighted by molar-refractivity contribution is 0.0525. The van der Waals surface area contributed by atoms with Gasteiger partial charge in [0.15, 0.2) is 0 Å². The number of hydrazine groups is 1. The number of rotatable bonds is 9. The van der Waals surface area contributed by atoms with Gasteiger partial charge in [-0.2, -0.15) is 0 Å². The molecule has 0 aromatic heterocycles. The van der Waals surface area contributed by atoms with Crippen LogP contribution >= 0.6 is 0 Å². The molecular weight excluding hydrogens is 464 g/mol. The molecule has 5 fully saturated rings.